The zero-order valence-corrected chi connectivity index (χ0v) is 12.8. The average molecular weight is 291 g/mol. The molecule has 0 saturated carbocycles. The van der Waals surface area contributed by atoms with Crippen LogP contribution in [0.2, 0.25) is 5.02 Å². The van der Waals surface area contributed by atoms with Crippen LogP contribution in [0.4, 0.5) is 17.3 Å². The molecule has 0 atom stereocenters. The van der Waals surface area contributed by atoms with Crippen LogP contribution in [0.15, 0.2) is 24.5 Å². The number of anilines is 3. The van der Waals surface area contributed by atoms with E-state index in [1.54, 1.807) is 6.33 Å². The fraction of sp³-hybridized carbons (Fsp3) is 0.333. The highest BCUT2D eigenvalue weighted by atomic mass is 35.5. The highest BCUT2D eigenvalue weighted by Crippen LogP contribution is 2.27. The van der Waals surface area contributed by atoms with Gasteiger partial charge in [0.15, 0.2) is 0 Å². The lowest BCUT2D eigenvalue weighted by Crippen LogP contribution is -2.06. The molecule has 0 spiro atoms. The first-order valence-electron chi connectivity index (χ1n) is 6.70. The Hall–Kier alpha value is -1.81. The molecular weight excluding hydrogens is 272 g/mol. The molecule has 106 valence electrons. The van der Waals surface area contributed by atoms with Crippen LogP contribution in [-0.2, 0) is 6.42 Å². The van der Waals surface area contributed by atoms with E-state index in [-0.39, 0.29) is 0 Å². The molecule has 2 aromatic rings. The Balaban J connectivity index is 2.39. The number of aryl methyl sites for hydroxylation is 1. The Bertz CT molecular complexity index is 598. The quantitative estimate of drug-likeness (QED) is 0.867. The van der Waals surface area contributed by atoms with Crippen LogP contribution in [-0.4, -0.2) is 17.0 Å². The molecule has 1 aromatic carbocycles. The molecule has 1 heterocycles. The van der Waals surface area contributed by atoms with Crippen molar-refractivity contribution in [1.82, 2.24) is 9.97 Å². The zero-order chi connectivity index (χ0) is 14.5. The van der Waals surface area contributed by atoms with E-state index in [1.807, 2.05) is 32.2 Å². The molecule has 2 N–H and O–H groups in total. The third-order valence-corrected chi connectivity index (χ3v) is 3.37. The summed E-state index contributed by atoms with van der Waals surface area (Å²) in [6, 6.07) is 5.78. The largest absolute Gasteiger partial charge is 0.373 e. The van der Waals surface area contributed by atoms with Crippen LogP contribution in [0, 0.1) is 6.92 Å². The van der Waals surface area contributed by atoms with E-state index in [2.05, 4.69) is 27.5 Å². The topological polar surface area (TPSA) is 49.8 Å². The van der Waals surface area contributed by atoms with Crippen molar-refractivity contribution < 1.29 is 0 Å². The Labute approximate surface area is 124 Å². The second kappa shape index (κ2) is 6.57. The van der Waals surface area contributed by atoms with E-state index in [9.17, 15) is 0 Å². The van der Waals surface area contributed by atoms with Crippen molar-refractivity contribution in [2.24, 2.45) is 0 Å². The number of nitrogens with zero attached hydrogens (tertiary/aromatic N) is 2. The first-order valence-corrected chi connectivity index (χ1v) is 7.08. The lowest BCUT2D eigenvalue weighted by Gasteiger charge is -2.15. The lowest BCUT2D eigenvalue weighted by atomic mass is 10.1. The number of benzene rings is 1. The van der Waals surface area contributed by atoms with E-state index in [0.29, 0.717) is 5.02 Å². The molecule has 0 bridgehead atoms. The van der Waals surface area contributed by atoms with E-state index in [4.69, 9.17) is 11.6 Å². The van der Waals surface area contributed by atoms with Gasteiger partial charge in [-0.2, -0.15) is 0 Å². The number of hydrogen-bond acceptors (Lipinski definition) is 4. The van der Waals surface area contributed by atoms with Crippen LogP contribution in [0.25, 0.3) is 0 Å². The molecule has 0 radical (unpaired) electrons. The molecule has 2 rings (SSSR count). The normalized spacial score (nSPS) is 10.4. The Kier molecular flexibility index (Phi) is 4.79. The van der Waals surface area contributed by atoms with Gasteiger partial charge >= 0.3 is 0 Å². The van der Waals surface area contributed by atoms with Crippen molar-refractivity contribution in [3.63, 3.8) is 0 Å². The zero-order valence-electron chi connectivity index (χ0n) is 12.0. The molecule has 1 aromatic heterocycles. The third-order valence-electron chi connectivity index (χ3n) is 3.13. The maximum atomic E-state index is 6.06. The Morgan fingerprint density at radius 1 is 1.20 bits per heavy atom. The van der Waals surface area contributed by atoms with Gasteiger partial charge in [-0.05, 0) is 31.0 Å². The second-order valence-electron chi connectivity index (χ2n) is 4.63. The number of nitrogens with one attached hydrogen (secondary N) is 2. The SMILES string of the molecule is CCCc1c(NC)ncnc1Nc1cc(Cl)ccc1C. The second-order valence-corrected chi connectivity index (χ2v) is 5.07. The minimum absolute atomic E-state index is 0.707. The van der Waals surface area contributed by atoms with Crippen LogP contribution in [0.1, 0.15) is 24.5 Å². The molecule has 0 fully saturated rings. The maximum Gasteiger partial charge on any atom is 0.139 e. The van der Waals surface area contributed by atoms with Crippen LogP contribution in [0.5, 0.6) is 0 Å². The number of aromatic nitrogens is 2. The lowest BCUT2D eigenvalue weighted by molar-refractivity contribution is 0.905. The molecule has 20 heavy (non-hydrogen) atoms. The summed E-state index contributed by atoms with van der Waals surface area (Å²) in [5.74, 6) is 1.69. The maximum absolute atomic E-state index is 6.06. The highest BCUT2D eigenvalue weighted by molar-refractivity contribution is 6.30. The van der Waals surface area contributed by atoms with Gasteiger partial charge in [0.05, 0.1) is 0 Å². The molecule has 0 unspecified atom stereocenters. The average Bonchev–Trinajstić information content (AvgIpc) is 2.45. The van der Waals surface area contributed by atoms with Gasteiger partial charge in [-0.25, -0.2) is 9.97 Å². The van der Waals surface area contributed by atoms with Gasteiger partial charge in [0.25, 0.3) is 0 Å². The van der Waals surface area contributed by atoms with Crippen molar-refractivity contribution >= 4 is 28.9 Å². The minimum atomic E-state index is 0.707. The Morgan fingerprint density at radius 3 is 2.65 bits per heavy atom. The number of rotatable bonds is 5. The summed E-state index contributed by atoms with van der Waals surface area (Å²) in [4.78, 5) is 8.64. The summed E-state index contributed by atoms with van der Waals surface area (Å²) in [5, 5.41) is 7.19. The number of hydrogen-bond donors (Lipinski definition) is 2. The van der Waals surface area contributed by atoms with E-state index >= 15 is 0 Å². The van der Waals surface area contributed by atoms with Crippen molar-refractivity contribution in [3.05, 3.63) is 40.7 Å². The molecule has 0 amide bonds. The van der Waals surface area contributed by atoms with Gasteiger partial charge in [0.2, 0.25) is 0 Å². The van der Waals surface area contributed by atoms with Crippen molar-refractivity contribution in [3.8, 4) is 0 Å². The summed E-state index contributed by atoms with van der Waals surface area (Å²) in [5.41, 5.74) is 3.19. The first kappa shape index (κ1) is 14.6. The van der Waals surface area contributed by atoms with Gasteiger partial charge in [-0.1, -0.05) is 31.0 Å². The van der Waals surface area contributed by atoms with E-state index in [1.165, 1.54) is 0 Å². The van der Waals surface area contributed by atoms with Crippen molar-refractivity contribution in [2.45, 2.75) is 26.7 Å². The fourth-order valence-electron chi connectivity index (χ4n) is 2.08. The van der Waals surface area contributed by atoms with Crippen LogP contribution in [0.3, 0.4) is 0 Å². The molecule has 0 aliphatic heterocycles. The van der Waals surface area contributed by atoms with Gasteiger partial charge in [0, 0.05) is 23.3 Å². The summed E-state index contributed by atoms with van der Waals surface area (Å²) in [7, 11) is 1.87. The van der Waals surface area contributed by atoms with Gasteiger partial charge < -0.3 is 10.6 Å². The minimum Gasteiger partial charge on any atom is -0.373 e. The van der Waals surface area contributed by atoms with Gasteiger partial charge in [-0.15, -0.1) is 0 Å². The number of halogens is 1. The monoisotopic (exact) mass is 290 g/mol. The third kappa shape index (κ3) is 3.20. The molecule has 0 saturated heterocycles. The van der Waals surface area contributed by atoms with E-state index in [0.717, 1.165) is 41.3 Å². The first-order chi connectivity index (χ1) is 9.65. The molecule has 0 aliphatic carbocycles. The van der Waals surface area contributed by atoms with Crippen molar-refractivity contribution in [2.75, 3.05) is 17.7 Å². The summed E-state index contributed by atoms with van der Waals surface area (Å²) in [6.07, 6.45) is 3.51. The van der Waals surface area contributed by atoms with Gasteiger partial charge in [-0.3, -0.25) is 0 Å². The fourth-order valence-corrected chi connectivity index (χ4v) is 2.25. The molecule has 4 nitrogen and oxygen atoms in total. The Morgan fingerprint density at radius 2 is 1.95 bits per heavy atom. The molecule has 5 heteroatoms. The predicted octanol–water partition coefficient (Wildman–Crippen LogP) is 4.18. The van der Waals surface area contributed by atoms with E-state index < -0.39 is 0 Å². The van der Waals surface area contributed by atoms with Crippen LogP contribution < -0.4 is 10.6 Å². The van der Waals surface area contributed by atoms with Crippen molar-refractivity contribution in [1.29, 1.82) is 0 Å². The predicted molar refractivity (Wildman–Crippen MR) is 85.0 cm³/mol. The van der Waals surface area contributed by atoms with Gasteiger partial charge in [0.1, 0.15) is 18.0 Å². The molecule has 0 aliphatic rings. The van der Waals surface area contributed by atoms with Crippen LogP contribution >= 0.6 is 11.6 Å². The molecular formula is C15H19ClN4. The summed E-state index contributed by atoms with van der Waals surface area (Å²) in [6.45, 7) is 4.18. The summed E-state index contributed by atoms with van der Waals surface area (Å²) < 4.78 is 0. The summed E-state index contributed by atoms with van der Waals surface area (Å²) >= 11 is 6.06. The standard InChI is InChI=1S/C15H19ClN4/c1-4-5-12-14(17-3)18-9-19-15(12)20-13-8-11(16)7-6-10(13)2/h6-9H,4-5H2,1-3H3,(H2,17,18,19,20). The smallest absolute Gasteiger partial charge is 0.139 e. The highest BCUT2D eigenvalue weighted by Gasteiger charge is 2.11.